The summed E-state index contributed by atoms with van der Waals surface area (Å²) in [6.07, 6.45) is 4.24. The fourth-order valence-corrected chi connectivity index (χ4v) is 3.94. The van der Waals surface area contributed by atoms with Crippen LogP contribution in [-0.2, 0) is 17.8 Å². The summed E-state index contributed by atoms with van der Waals surface area (Å²) in [4.78, 5) is 23.6. The first-order chi connectivity index (χ1) is 13.8. The monoisotopic (exact) mass is 383 g/mol. The van der Waals surface area contributed by atoms with Crippen LogP contribution < -0.4 is 0 Å². The van der Waals surface area contributed by atoms with Gasteiger partial charge >= 0.3 is 0 Å². The number of nitrogens with zero attached hydrogens (tertiary/aromatic N) is 5. The van der Waals surface area contributed by atoms with E-state index in [9.17, 15) is 4.79 Å². The Balaban J connectivity index is 1.21. The Morgan fingerprint density at radius 3 is 2.39 bits per heavy atom. The van der Waals surface area contributed by atoms with Gasteiger partial charge in [0.2, 0.25) is 11.8 Å². The topological polar surface area (TPSA) is 65.7 Å². The van der Waals surface area contributed by atoms with Crippen LogP contribution in [0.5, 0.6) is 0 Å². The molecular weight excluding hydrogens is 354 g/mol. The summed E-state index contributed by atoms with van der Waals surface area (Å²) >= 11 is 0. The quantitative estimate of drug-likeness (QED) is 0.758. The molecule has 0 bridgehead atoms. The van der Waals surface area contributed by atoms with Crippen molar-refractivity contribution in [3.63, 3.8) is 0 Å². The van der Waals surface area contributed by atoms with E-state index < -0.39 is 0 Å². The SMILES string of the molecule is O=C(CN1CCN(Cc2nc(Cc3ccccc3)no2)CC1)N1CCCCC1. The van der Waals surface area contributed by atoms with Gasteiger partial charge in [-0.1, -0.05) is 35.5 Å². The van der Waals surface area contributed by atoms with Gasteiger partial charge in [0, 0.05) is 45.7 Å². The lowest BCUT2D eigenvalue weighted by atomic mass is 10.1. The van der Waals surface area contributed by atoms with E-state index in [0.717, 1.165) is 57.9 Å². The van der Waals surface area contributed by atoms with Crippen molar-refractivity contribution in [2.24, 2.45) is 0 Å². The minimum absolute atomic E-state index is 0.288. The summed E-state index contributed by atoms with van der Waals surface area (Å²) in [5, 5.41) is 4.11. The zero-order valence-electron chi connectivity index (χ0n) is 16.4. The number of likely N-dealkylation sites (tertiary alicyclic amines) is 1. The molecule has 2 saturated heterocycles. The number of hydrogen-bond donors (Lipinski definition) is 0. The fourth-order valence-electron chi connectivity index (χ4n) is 3.94. The lowest BCUT2D eigenvalue weighted by molar-refractivity contribution is -0.133. The minimum Gasteiger partial charge on any atom is -0.342 e. The molecule has 7 nitrogen and oxygen atoms in total. The molecule has 0 unspecified atom stereocenters. The molecule has 2 fully saturated rings. The van der Waals surface area contributed by atoms with E-state index in [0.29, 0.717) is 25.4 Å². The van der Waals surface area contributed by atoms with Gasteiger partial charge in [0.15, 0.2) is 5.82 Å². The van der Waals surface area contributed by atoms with Crippen LogP contribution >= 0.6 is 0 Å². The summed E-state index contributed by atoms with van der Waals surface area (Å²) < 4.78 is 5.43. The van der Waals surface area contributed by atoms with Gasteiger partial charge in [0.25, 0.3) is 0 Å². The average Bonchev–Trinajstić information content (AvgIpc) is 3.17. The van der Waals surface area contributed by atoms with Gasteiger partial charge in [-0.15, -0.1) is 0 Å². The lowest BCUT2D eigenvalue weighted by Crippen LogP contribution is -2.50. The molecule has 150 valence electrons. The molecule has 0 aliphatic carbocycles. The molecule has 1 aromatic heterocycles. The molecule has 3 heterocycles. The van der Waals surface area contributed by atoms with Gasteiger partial charge in [-0.2, -0.15) is 4.98 Å². The predicted octanol–water partition coefficient (Wildman–Crippen LogP) is 1.79. The lowest BCUT2D eigenvalue weighted by Gasteiger charge is -2.35. The highest BCUT2D eigenvalue weighted by atomic mass is 16.5. The zero-order chi connectivity index (χ0) is 19.2. The highest BCUT2D eigenvalue weighted by Gasteiger charge is 2.23. The molecule has 2 aliphatic heterocycles. The number of carbonyl (C=O) groups excluding carboxylic acids is 1. The molecule has 7 heteroatoms. The van der Waals surface area contributed by atoms with Crippen molar-refractivity contribution in [1.82, 2.24) is 24.8 Å². The molecule has 1 aromatic carbocycles. The van der Waals surface area contributed by atoms with Gasteiger partial charge < -0.3 is 9.42 Å². The summed E-state index contributed by atoms with van der Waals surface area (Å²) in [6, 6.07) is 10.2. The standard InChI is InChI=1S/C21H29N5O2/c27-21(26-9-5-2-6-10-26)17-25-13-11-24(12-14-25)16-20-22-19(23-28-20)15-18-7-3-1-4-8-18/h1,3-4,7-8H,2,5-6,9-17H2. The van der Waals surface area contributed by atoms with Crippen LogP contribution in [0.3, 0.4) is 0 Å². The Morgan fingerprint density at radius 2 is 1.64 bits per heavy atom. The molecule has 0 N–H and O–H groups in total. The number of hydrogen-bond acceptors (Lipinski definition) is 6. The van der Waals surface area contributed by atoms with Crippen LogP contribution in [0.15, 0.2) is 34.9 Å². The number of rotatable bonds is 6. The highest BCUT2D eigenvalue weighted by molar-refractivity contribution is 5.78. The summed E-state index contributed by atoms with van der Waals surface area (Å²) in [6.45, 7) is 6.75. The number of amides is 1. The molecule has 1 amide bonds. The Labute approximate surface area is 166 Å². The summed E-state index contributed by atoms with van der Waals surface area (Å²) in [7, 11) is 0. The van der Waals surface area contributed by atoms with Crippen LogP contribution in [0.2, 0.25) is 0 Å². The van der Waals surface area contributed by atoms with Crippen LogP contribution in [0.25, 0.3) is 0 Å². The van der Waals surface area contributed by atoms with Gasteiger partial charge in [0.05, 0.1) is 13.1 Å². The number of benzene rings is 1. The molecule has 0 radical (unpaired) electrons. The second-order valence-corrected chi connectivity index (χ2v) is 7.76. The maximum atomic E-state index is 12.4. The predicted molar refractivity (Wildman–Crippen MR) is 106 cm³/mol. The first-order valence-electron chi connectivity index (χ1n) is 10.3. The fraction of sp³-hybridized carbons (Fsp3) is 0.571. The molecule has 0 saturated carbocycles. The van der Waals surface area contributed by atoms with E-state index >= 15 is 0 Å². The number of aromatic nitrogens is 2. The average molecular weight is 383 g/mol. The third kappa shape index (κ3) is 5.17. The molecular formula is C21H29N5O2. The molecule has 0 spiro atoms. The number of piperazine rings is 1. The van der Waals surface area contributed by atoms with Crippen LogP contribution in [-0.4, -0.2) is 76.6 Å². The molecule has 2 aliphatic rings. The minimum atomic E-state index is 0.288. The first-order valence-corrected chi connectivity index (χ1v) is 10.3. The smallest absolute Gasteiger partial charge is 0.240 e. The van der Waals surface area contributed by atoms with Gasteiger partial charge in [-0.05, 0) is 24.8 Å². The Kier molecular flexibility index (Phi) is 6.34. The van der Waals surface area contributed by atoms with Crippen molar-refractivity contribution in [1.29, 1.82) is 0 Å². The Morgan fingerprint density at radius 1 is 0.929 bits per heavy atom. The van der Waals surface area contributed by atoms with Crippen molar-refractivity contribution in [2.45, 2.75) is 32.2 Å². The van der Waals surface area contributed by atoms with Crippen molar-refractivity contribution >= 4 is 5.91 Å². The number of carbonyl (C=O) groups is 1. The van der Waals surface area contributed by atoms with Crippen molar-refractivity contribution in [3.05, 3.63) is 47.6 Å². The van der Waals surface area contributed by atoms with E-state index in [-0.39, 0.29) is 5.91 Å². The Bertz CT molecular complexity index is 749. The van der Waals surface area contributed by atoms with Gasteiger partial charge in [-0.25, -0.2) is 0 Å². The molecule has 28 heavy (non-hydrogen) atoms. The van der Waals surface area contributed by atoms with E-state index in [1.54, 1.807) is 0 Å². The van der Waals surface area contributed by atoms with Crippen LogP contribution in [0, 0.1) is 0 Å². The molecule has 4 rings (SSSR count). The van der Waals surface area contributed by atoms with Gasteiger partial charge in [-0.3, -0.25) is 14.6 Å². The first kappa shape index (κ1) is 19.1. The second kappa shape index (κ2) is 9.30. The molecule has 2 aromatic rings. The largest absolute Gasteiger partial charge is 0.342 e. The summed E-state index contributed by atoms with van der Waals surface area (Å²) in [5.41, 5.74) is 1.18. The zero-order valence-corrected chi connectivity index (χ0v) is 16.4. The van der Waals surface area contributed by atoms with E-state index in [2.05, 4.69) is 32.1 Å². The van der Waals surface area contributed by atoms with Crippen LogP contribution in [0.4, 0.5) is 0 Å². The maximum Gasteiger partial charge on any atom is 0.240 e. The van der Waals surface area contributed by atoms with E-state index in [1.165, 1.54) is 12.0 Å². The van der Waals surface area contributed by atoms with Crippen molar-refractivity contribution in [3.8, 4) is 0 Å². The van der Waals surface area contributed by atoms with Crippen molar-refractivity contribution in [2.75, 3.05) is 45.8 Å². The summed E-state index contributed by atoms with van der Waals surface area (Å²) in [5.74, 6) is 1.69. The second-order valence-electron chi connectivity index (χ2n) is 7.76. The molecule has 0 atom stereocenters. The third-order valence-electron chi connectivity index (χ3n) is 5.61. The highest BCUT2D eigenvalue weighted by Crippen LogP contribution is 2.12. The van der Waals surface area contributed by atoms with E-state index in [1.807, 2.05) is 23.1 Å². The number of piperidine rings is 1. The maximum absolute atomic E-state index is 12.4. The van der Waals surface area contributed by atoms with Crippen LogP contribution in [0.1, 0.15) is 36.5 Å². The third-order valence-corrected chi connectivity index (χ3v) is 5.61. The van der Waals surface area contributed by atoms with E-state index in [4.69, 9.17) is 4.52 Å². The normalized spacial score (nSPS) is 19.1. The van der Waals surface area contributed by atoms with Gasteiger partial charge in [0.1, 0.15) is 0 Å². The Hall–Kier alpha value is -2.25. The van der Waals surface area contributed by atoms with Crippen molar-refractivity contribution < 1.29 is 9.32 Å².